The molecule has 1 saturated carbocycles. The number of piperidine rings is 1. The molecule has 33 heavy (non-hydrogen) atoms. The molecule has 1 spiro atoms. The fourth-order valence-electron chi connectivity index (χ4n) is 5.61. The molecule has 2 aliphatic heterocycles. The standard InChI is InChI=1S/C26H26ClN3O3/c1-2-16-3-6-22(33-15-17-8-11-29-12-9-17)20(13-16)26(28)23(31)7-10-25(26)19-5-4-18(27)14-21(19)30-24(25)32/h1,3-6,13-14,17,29H,7-12,15,28H2,(H,30,32)/t25-,26+/m0/s1. The minimum Gasteiger partial charge on any atom is -0.493 e. The summed E-state index contributed by atoms with van der Waals surface area (Å²) in [5.41, 5.74) is 6.47. The molecule has 2 fully saturated rings. The van der Waals surface area contributed by atoms with Gasteiger partial charge in [0.1, 0.15) is 16.7 Å². The highest BCUT2D eigenvalue weighted by Gasteiger charge is 2.67. The Labute approximate surface area is 198 Å². The van der Waals surface area contributed by atoms with Crippen molar-refractivity contribution in [2.75, 3.05) is 25.0 Å². The van der Waals surface area contributed by atoms with Crippen molar-refractivity contribution >= 4 is 29.0 Å². The molecule has 0 aromatic heterocycles. The normalized spacial score (nSPS) is 26.8. The number of terminal acetylenes is 1. The summed E-state index contributed by atoms with van der Waals surface area (Å²) in [5.74, 6) is 3.02. The van der Waals surface area contributed by atoms with Crippen LogP contribution in [0.3, 0.4) is 0 Å². The van der Waals surface area contributed by atoms with E-state index in [9.17, 15) is 9.59 Å². The van der Waals surface area contributed by atoms with Gasteiger partial charge in [0.05, 0.1) is 6.61 Å². The number of carbonyl (C=O) groups is 2. The monoisotopic (exact) mass is 463 g/mol. The summed E-state index contributed by atoms with van der Waals surface area (Å²) in [4.78, 5) is 27.0. The van der Waals surface area contributed by atoms with E-state index in [2.05, 4.69) is 16.6 Å². The lowest BCUT2D eigenvalue weighted by Crippen LogP contribution is -2.59. The van der Waals surface area contributed by atoms with Gasteiger partial charge in [-0.15, -0.1) is 6.42 Å². The second-order valence-corrected chi connectivity index (χ2v) is 9.58. The SMILES string of the molecule is C#Cc1ccc(OCC2CCNCC2)c([C@@]2(N)C(=O)CC[C@]23C(=O)Nc2cc(Cl)ccc23)c1. The van der Waals surface area contributed by atoms with Crippen LogP contribution in [0.15, 0.2) is 36.4 Å². The number of nitrogens with one attached hydrogen (secondary N) is 2. The van der Waals surface area contributed by atoms with Gasteiger partial charge in [-0.05, 0) is 74.2 Å². The number of rotatable bonds is 4. The number of nitrogens with two attached hydrogens (primary N) is 1. The van der Waals surface area contributed by atoms with E-state index in [1.165, 1.54) is 0 Å². The first-order chi connectivity index (χ1) is 15.9. The minimum atomic E-state index is -1.62. The predicted octanol–water partition coefficient (Wildman–Crippen LogP) is 3.11. The molecule has 170 valence electrons. The van der Waals surface area contributed by atoms with Crippen LogP contribution in [0, 0.1) is 18.3 Å². The zero-order valence-corrected chi connectivity index (χ0v) is 19.0. The van der Waals surface area contributed by atoms with Gasteiger partial charge in [0, 0.05) is 28.3 Å². The van der Waals surface area contributed by atoms with Crippen LogP contribution >= 0.6 is 11.6 Å². The number of carbonyl (C=O) groups excluding carboxylic acids is 2. The molecule has 2 atom stereocenters. The first kappa shape index (κ1) is 22.0. The summed E-state index contributed by atoms with van der Waals surface area (Å²) in [6.07, 6.45) is 8.20. The summed E-state index contributed by atoms with van der Waals surface area (Å²) < 4.78 is 6.27. The highest BCUT2D eigenvalue weighted by Crippen LogP contribution is 2.57. The third-order valence-corrected chi connectivity index (χ3v) is 7.66. The number of anilines is 1. The van der Waals surface area contributed by atoms with Gasteiger partial charge in [0.25, 0.3) is 0 Å². The molecule has 6 nitrogen and oxygen atoms in total. The average molecular weight is 464 g/mol. The van der Waals surface area contributed by atoms with Crippen molar-refractivity contribution in [3.8, 4) is 18.1 Å². The van der Waals surface area contributed by atoms with Crippen LogP contribution in [0.1, 0.15) is 42.4 Å². The van der Waals surface area contributed by atoms with Gasteiger partial charge >= 0.3 is 0 Å². The quantitative estimate of drug-likeness (QED) is 0.606. The summed E-state index contributed by atoms with van der Waals surface area (Å²) in [6, 6.07) is 10.5. The number of Topliss-reactive ketones (excluding diaryl/α,β-unsaturated/α-hetero) is 1. The molecule has 0 bridgehead atoms. The lowest BCUT2D eigenvalue weighted by molar-refractivity contribution is -0.129. The Morgan fingerprint density at radius 2 is 1.94 bits per heavy atom. The number of halogens is 1. The van der Waals surface area contributed by atoms with Crippen molar-refractivity contribution in [3.63, 3.8) is 0 Å². The smallest absolute Gasteiger partial charge is 0.237 e. The highest BCUT2D eigenvalue weighted by atomic mass is 35.5. The Morgan fingerprint density at radius 3 is 2.70 bits per heavy atom. The number of benzene rings is 2. The first-order valence-corrected chi connectivity index (χ1v) is 11.7. The molecule has 3 aliphatic rings. The molecule has 1 saturated heterocycles. The Hall–Kier alpha value is -2.85. The van der Waals surface area contributed by atoms with Gasteiger partial charge in [-0.2, -0.15) is 0 Å². The molecule has 4 N–H and O–H groups in total. The zero-order chi connectivity index (χ0) is 23.2. The van der Waals surface area contributed by atoms with E-state index in [-0.39, 0.29) is 18.1 Å². The lowest BCUT2D eigenvalue weighted by atomic mass is 9.64. The van der Waals surface area contributed by atoms with Gasteiger partial charge in [-0.1, -0.05) is 23.6 Å². The molecule has 0 radical (unpaired) electrons. The van der Waals surface area contributed by atoms with Crippen molar-refractivity contribution in [2.24, 2.45) is 11.7 Å². The van der Waals surface area contributed by atoms with Crippen LogP contribution in [0.25, 0.3) is 0 Å². The zero-order valence-electron chi connectivity index (χ0n) is 18.2. The average Bonchev–Trinajstić information content (AvgIpc) is 3.27. The topological polar surface area (TPSA) is 93.4 Å². The van der Waals surface area contributed by atoms with Gasteiger partial charge in [-0.3, -0.25) is 9.59 Å². The molecular weight excluding hydrogens is 438 g/mol. The van der Waals surface area contributed by atoms with Crippen LogP contribution < -0.4 is 21.1 Å². The molecule has 1 amide bonds. The van der Waals surface area contributed by atoms with Crippen LogP contribution in [0.2, 0.25) is 5.02 Å². The van der Waals surface area contributed by atoms with Crippen LogP contribution in [-0.2, 0) is 20.5 Å². The van der Waals surface area contributed by atoms with Gasteiger partial charge in [-0.25, -0.2) is 0 Å². The summed E-state index contributed by atoms with van der Waals surface area (Å²) in [5, 5.41) is 6.75. The van der Waals surface area contributed by atoms with Crippen LogP contribution in [0.5, 0.6) is 5.75 Å². The summed E-state index contributed by atoms with van der Waals surface area (Å²) in [6.45, 7) is 2.43. The van der Waals surface area contributed by atoms with E-state index >= 15 is 0 Å². The van der Waals surface area contributed by atoms with E-state index in [0.717, 1.165) is 25.9 Å². The fraction of sp³-hybridized carbons (Fsp3) is 0.385. The van der Waals surface area contributed by atoms with Gasteiger partial charge < -0.3 is 21.1 Å². The van der Waals surface area contributed by atoms with Crippen molar-refractivity contribution in [3.05, 3.63) is 58.1 Å². The molecule has 2 aromatic rings. The van der Waals surface area contributed by atoms with Gasteiger partial charge in [0.2, 0.25) is 5.91 Å². The Kier molecular flexibility index (Phi) is 5.44. The third-order valence-electron chi connectivity index (χ3n) is 7.42. The van der Waals surface area contributed by atoms with Gasteiger partial charge in [0.15, 0.2) is 5.78 Å². The summed E-state index contributed by atoms with van der Waals surface area (Å²) in [7, 11) is 0. The Balaban J connectivity index is 1.63. The largest absolute Gasteiger partial charge is 0.493 e. The number of fused-ring (bicyclic) bond motifs is 2. The molecule has 0 unspecified atom stereocenters. The number of ketones is 1. The first-order valence-electron chi connectivity index (χ1n) is 11.3. The number of hydrogen-bond acceptors (Lipinski definition) is 5. The minimum absolute atomic E-state index is 0.181. The number of hydrogen-bond donors (Lipinski definition) is 3. The molecular formula is C26H26ClN3O3. The number of ether oxygens (including phenoxy) is 1. The third kappa shape index (κ3) is 3.26. The second-order valence-electron chi connectivity index (χ2n) is 9.14. The fourth-order valence-corrected chi connectivity index (χ4v) is 5.78. The van der Waals surface area contributed by atoms with E-state index in [1.54, 1.807) is 36.4 Å². The molecule has 7 heteroatoms. The Morgan fingerprint density at radius 1 is 1.15 bits per heavy atom. The van der Waals surface area contributed by atoms with Crippen LogP contribution in [0.4, 0.5) is 5.69 Å². The molecule has 2 heterocycles. The van der Waals surface area contributed by atoms with E-state index in [0.29, 0.717) is 52.1 Å². The predicted molar refractivity (Wildman–Crippen MR) is 127 cm³/mol. The molecule has 5 rings (SSSR count). The van der Waals surface area contributed by atoms with Crippen molar-refractivity contribution in [1.82, 2.24) is 5.32 Å². The maximum atomic E-state index is 13.5. The molecule has 2 aromatic carbocycles. The van der Waals surface area contributed by atoms with Crippen molar-refractivity contribution < 1.29 is 14.3 Å². The number of amides is 1. The van der Waals surface area contributed by atoms with E-state index in [4.69, 9.17) is 28.5 Å². The second kappa shape index (κ2) is 8.18. The maximum absolute atomic E-state index is 13.5. The summed E-state index contributed by atoms with van der Waals surface area (Å²) >= 11 is 6.17. The van der Waals surface area contributed by atoms with E-state index in [1.807, 2.05) is 0 Å². The maximum Gasteiger partial charge on any atom is 0.237 e. The molecule has 1 aliphatic carbocycles. The van der Waals surface area contributed by atoms with E-state index < -0.39 is 11.0 Å². The Bertz CT molecular complexity index is 1180. The van der Waals surface area contributed by atoms with Crippen molar-refractivity contribution in [2.45, 2.75) is 36.6 Å². The highest BCUT2D eigenvalue weighted by molar-refractivity contribution is 6.31. The van der Waals surface area contributed by atoms with Crippen molar-refractivity contribution in [1.29, 1.82) is 0 Å². The van der Waals surface area contributed by atoms with Crippen LogP contribution in [-0.4, -0.2) is 31.4 Å². The lowest BCUT2D eigenvalue weighted by Gasteiger charge is -2.39.